The summed E-state index contributed by atoms with van der Waals surface area (Å²) in [5.41, 5.74) is 6.01. The Kier molecular flexibility index (Phi) is 7.00. The Balaban J connectivity index is 2.72. The van der Waals surface area contributed by atoms with Gasteiger partial charge in [0.1, 0.15) is 0 Å². The van der Waals surface area contributed by atoms with Gasteiger partial charge in [-0.3, -0.25) is 4.79 Å². The maximum atomic E-state index is 12.1. The predicted molar refractivity (Wildman–Crippen MR) is 102 cm³/mol. The molecule has 1 heteroatoms. The van der Waals surface area contributed by atoms with E-state index in [1.807, 2.05) is 19.9 Å². The lowest BCUT2D eigenvalue weighted by Gasteiger charge is -2.27. The van der Waals surface area contributed by atoms with E-state index in [9.17, 15) is 4.79 Å². The van der Waals surface area contributed by atoms with E-state index in [4.69, 9.17) is 0 Å². The van der Waals surface area contributed by atoms with E-state index in [1.54, 1.807) is 0 Å². The molecule has 1 aromatic rings. The van der Waals surface area contributed by atoms with E-state index >= 15 is 0 Å². The van der Waals surface area contributed by atoms with Crippen LogP contribution in [-0.4, -0.2) is 5.78 Å². The first-order valence-corrected chi connectivity index (χ1v) is 8.69. The summed E-state index contributed by atoms with van der Waals surface area (Å²) in [4.78, 5) is 12.1. The summed E-state index contributed by atoms with van der Waals surface area (Å²) in [6.45, 7) is 16.9. The van der Waals surface area contributed by atoms with Crippen LogP contribution in [-0.2, 0) is 4.79 Å². The van der Waals surface area contributed by atoms with Crippen LogP contribution in [0.3, 0.4) is 0 Å². The molecule has 0 amide bonds. The van der Waals surface area contributed by atoms with Crippen molar-refractivity contribution in [2.75, 3.05) is 0 Å². The smallest absolute Gasteiger partial charge is 0.158 e. The number of Topliss-reactive ketones (excluding diaryl/α,β-unsaturated/α-hetero) is 1. The van der Waals surface area contributed by atoms with Gasteiger partial charge in [0.25, 0.3) is 0 Å². The van der Waals surface area contributed by atoms with Gasteiger partial charge in [0, 0.05) is 6.42 Å². The molecule has 0 aliphatic rings. The van der Waals surface area contributed by atoms with Gasteiger partial charge in [0.2, 0.25) is 0 Å². The molecule has 0 radical (unpaired) electrons. The number of ketones is 1. The number of benzene rings is 1. The van der Waals surface area contributed by atoms with E-state index in [0.717, 1.165) is 24.8 Å². The zero-order valence-electron chi connectivity index (χ0n) is 15.8. The van der Waals surface area contributed by atoms with E-state index in [-0.39, 0.29) is 11.2 Å². The summed E-state index contributed by atoms with van der Waals surface area (Å²) >= 11 is 0. The number of allylic oxidation sites excluding steroid dienone is 3. The van der Waals surface area contributed by atoms with Gasteiger partial charge in [-0.05, 0) is 73.3 Å². The van der Waals surface area contributed by atoms with Crippen LogP contribution in [0, 0.1) is 19.3 Å². The van der Waals surface area contributed by atoms with Crippen LogP contribution in [0.15, 0.2) is 36.4 Å². The van der Waals surface area contributed by atoms with Crippen molar-refractivity contribution < 1.29 is 4.79 Å². The van der Waals surface area contributed by atoms with Crippen molar-refractivity contribution in [2.45, 2.75) is 67.2 Å². The number of carbonyl (C=O) groups excluding carboxylic acids is 1. The number of hydrogen-bond acceptors (Lipinski definition) is 1. The number of hydrogen-bond donors (Lipinski definition) is 0. The van der Waals surface area contributed by atoms with Crippen LogP contribution < -0.4 is 0 Å². The monoisotopic (exact) mass is 312 g/mol. The summed E-state index contributed by atoms with van der Waals surface area (Å²) in [6.07, 6.45) is 5.60. The van der Waals surface area contributed by atoms with Crippen molar-refractivity contribution in [1.29, 1.82) is 0 Å². The summed E-state index contributed by atoms with van der Waals surface area (Å²) in [5.74, 6) is 0.270. The molecule has 0 heterocycles. The van der Waals surface area contributed by atoms with Crippen molar-refractivity contribution in [3.05, 3.63) is 53.1 Å². The summed E-state index contributed by atoms with van der Waals surface area (Å²) in [7, 11) is 0. The topological polar surface area (TPSA) is 17.1 Å². The summed E-state index contributed by atoms with van der Waals surface area (Å²) in [6, 6.07) is 6.39. The molecule has 0 unspecified atom stereocenters. The Morgan fingerprint density at radius 3 is 2.26 bits per heavy atom. The first-order chi connectivity index (χ1) is 10.7. The first kappa shape index (κ1) is 19.4. The quantitative estimate of drug-likeness (QED) is 0.505. The molecule has 0 atom stereocenters. The lowest BCUT2D eigenvalue weighted by molar-refractivity contribution is -0.116. The SMILES string of the molecule is C=C(CCCC(C)(C)C(=CC)C(=O)CC)c1c(C)cccc1C. The Hall–Kier alpha value is -1.63. The minimum absolute atomic E-state index is 0.0666. The molecule has 0 N–H and O–H groups in total. The second-order valence-electron chi connectivity index (χ2n) is 7.09. The van der Waals surface area contributed by atoms with E-state index in [1.165, 1.54) is 22.3 Å². The van der Waals surface area contributed by atoms with Crippen molar-refractivity contribution in [3.63, 3.8) is 0 Å². The highest BCUT2D eigenvalue weighted by Crippen LogP contribution is 2.35. The molecule has 0 spiro atoms. The average Bonchev–Trinajstić information content (AvgIpc) is 2.47. The number of aryl methyl sites for hydroxylation is 2. The van der Waals surface area contributed by atoms with Gasteiger partial charge in [0.15, 0.2) is 5.78 Å². The molecule has 0 saturated heterocycles. The largest absolute Gasteiger partial charge is 0.295 e. The molecule has 0 fully saturated rings. The molecule has 0 bridgehead atoms. The minimum Gasteiger partial charge on any atom is -0.295 e. The summed E-state index contributed by atoms with van der Waals surface area (Å²) < 4.78 is 0. The first-order valence-electron chi connectivity index (χ1n) is 8.69. The second-order valence-corrected chi connectivity index (χ2v) is 7.09. The molecule has 1 aromatic carbocycles. The number of rotatable bonds is 8. The fourth-order valence-electron chi connectivity index (χ4n) is 3.50. The van der Waals surface area contributed by atoms with E-state index in [0.29, 0.717) is 6.42 Å². The zero-order chi connectivity index (χ0) is 17.6. The predicted octanol–water partition coefficient (Wildman–Crippen LogP) is 6.44. The molecule has 0 aliphatic carbocycles. The van der Waals surface area contributed by atoms with Crippen LogP contribution in [0.1, 0.15) is 70.1 Å². The third kappa shape index (κ3) is 4.92. The van der Waals surface area contributed by atoms with Crippen LogP contribution >= 0.6 is 0 Å². The van der Waals surface area contributed by atoms with Crippen molar-refractivity contribution in [3.8, 4) is 0 Å². The Morgan fingerprint density at radius 2 is 1.78 bits per heavy atom. The third-order valence-electron chi connectivity index (χ3n) is 4.75. The van der Waals surface area contributed by atoms with Gasteiger partial charge in [-0.15, -0.1) is 0 Å². The second kappa shape index (κ2) is 8.29. The molecule has 0 aromatic heterocycles. The summed E-state index contributed by atoms with van der Waals surface area (Å²) in [5, 5.41) is 0. The molecule has 0 aliphatic heterocycles. The van der Waals surface area contributed by atoms with Crippen LogP contribution in [0.2, 0.25) is 0 Å². The molecule has 1 nitrogen and oxygen atoms in total. The average molecular weight is 312 g/mol. The number of carbonyl (C=O) groups is 1. The van der Waals surface area contributed by atoms with Crippen LogP contribution in [0.25, 0.3) is 5.57 Å². The highest BCUT2D eigenvalue weighted by atomic mass is 16.1. The molecule has 126 valence electrons. The normalized spacial score (nSPS) is 12.3. The van der Waals surface area contributed by atoms with Gasteiger partial charge >= 0.3 is 0 Å². The molecular weight excluding hydrogens is 280 g/mol. The van der Waals surface area contributed by atoms with Crippen LogP contribution in [0.5, 0.6) is 0 Å². The zero-order valence-corrected chi connectivity index (χ0v) is 15.8. The van der Waals surface area contributed by atoms with Crippen molar-refractivity contribution in [1.82, 2.24) is 0 Å². The lowest BCUT2D eigenvalue weighted by Crippen LogP contribution is -2.21. The van der Waals surface area contributed by atoms with E-state index < -0.39 is 0 Å². The fraction of sp³-hybridized carbons (Fsp3) is 0.500. The standard InChI is InChI=1S/C22H32O/c1-8-19(20(23)9-2)22(6,7)15-11-14-18(5)21-16(3)12-10-13-17(21)4/h8,10,12-13H,5,9,11,14-15H2,1-4,6-7H3. The maximum Gasteiger partial charge on any atom is 0.158 e. The lowest BCUT2D eigenvalue weighted by atomic mass is 9.76. The minimum atomic E-state index is -0.0666. The van der Waals surface area contributed by atoms with Crippen molar-refractivity contribution in [2.24, 2.45) is 5.41 Å². The maximum absolute atomic E-state index is 12.1. The van der Waals surface area contributed by atoms with Crippen molar-refractivity contribution >= 4 is 11.4 Å². The third-order valence-corrected chi connectivity index (χ3v) is 4.75. The van der Waals surface area contributed by atoms with Gasteiger partial charge in [-0.2, -0.15) is 0 Å². The molecular formula is C22H32O. The Morgan fingerprint density at radius 1 is 1.22 bits per heavy atom. The van der Waals surface area contributed by atoms with Gasteiger partial charge < -0.3 is 0 Å². The molecule has 23 heavy (non-hydrogen) atoms. The highest BCUT2D eigenvalue weighted by Gasteiger charge is 2.26. The Labute approximate surface area is 142 Å². The van der Waals surface area contributed by atoms with Gasteiger partial charge in [-0.25, -0.2) is 0 Å². The molecule has 0 saturated carbocycles. The Bertz CT molecular complexity index is 582. The highest BCUT2D eigenvalue weighted by molar-refractivity contribution is 5.96. The van der Waals surface area contributed by atoms with Gasteiger partial charge in [-0.1, -0.05) is 51.6 Å². The van der Waals surface area contributed by atoms with Gasteiger partial charge in [0.05, 0.1) is 0 Å². The fourth-order valence-corrected chi connectivity index (χ4v) is 3.50. The molecule has 1 rings (SSSR count). The van der Waals surface area contributed by atoms with E-state index in [2.05, 4.69) is 52.5 Å². The van der Waals surface area contributed by atoms with Crippen LogP contribution in [0.4, 0.5) is 0 Å².